The van der Waals surface area contributed by atoms with E-state index in [2.05, 4.69) is 11.1 Å². The van der Waals surface area contributed by atoms with Gasteiger partial charge in [0.15, 0.2) is 9.84 Å². The van der Waals surface area contributed by atoms with Gasteiger partial charge in [0.05, 0.1) is 22.3 Å². The molecule has 1 saturated heterocycles. The lowest BCUT2D eigenvalue weighted by Gasteiger charge is -2.26. The number of hydrogen-bond donors (Lipinski definition) is 0. The van der Waals surface area contributed by atoms with Crippen molar-refractivity contribution in [1.82, 2.24) is 9.88 Å². The van der Waals surface area contributed by atoms with Crippen LogP contribution < -0.4 is 0 Å². The molecule has 0 radical (unpaired) electrons. The fraction of sp³-hybridized carbons (Fsp3) is 0.562. The minimum atomic E-state index is -3.04. The second kappa shape index (κ2) is 7.11. The van der Waals surface area contributed by atoms with Crippen LogP contribution in [0.2, 0.25) is 0 Å². The SMILES string of the molecule is Cc1cc(C)c(C#N)c(S[C@@H](C)C(=O)N(C)[C@H]2CCS(=O)(=O)C2)n1. The van der Waals surface area contributed by atoms with Crippen LogP contribution in [0.3, 0.4) is 0 Å². The molecule has 1 aromatic heterocycles. The molecule has 0 unspecified atom stereocenters. The van der Waals surface area contributed by atoms with E-state index in [4.69, 9.17) is 0 Å². The highest BCUT2D eigenvalue weighted by molar-refractivity contribution is 8.00. The maximum Gasteiger partial charge on any atom is 0.235 e. The van der Waals surface area contributed by atoms with Crippen molar-refractivity contribution in [2.75, 3.05) is 18.6 Å². The molecule has 0 aliphatic carbocycles. The number of hydrogen-bond acceptors (Lipinski definition) is 6. The molecule has 130 valence electrons. The van der Waals surface area contributed by atoms with Crippen LogP contribution in [0.15, 0.2) is 11.1 Å². The molecule has 8 heteroatoms. The number of thioether (sulfide) groups is 1. The van der Waals surface area contributed by atoms with E-state index < -0.39 is 15.1 Å². The summed E-state index contributed by atoms with van der Waals surface area (Å²) in [6, 6.07) is 3.71. The van der Waals surface area contributed by atoms with Gasteiger partial charge in [0.1, 0.15) is 11.1 Å². The Kier molecular flexibility index (Phi) is 5.56. The van der Waals surface area contributed by atoms with Crippen molar-refractivity contribution >= 4 is 27.5 Å². The smallest absolute Gasteiger partial charge is 0.235 e. The Labute approximate surface area is 147 Å². The van der Waals surface area contributed by atoms with Gasteiger partial charge in [-0.1, -0.05) is 11.8 Å². The number of sulfone groups is 1. The van der Waals surface area contributed by atoms with Crippen LogP contribution in [-0.2, 0) is 14.6 Å². The zero-order valence-electron chi connectivity index (χ0n) is 14.2. The van der Waals surface area contributed by atoms with Crippen LogP contribution in [-0.4, -0.2) is 54.1 Å². The Balaban J connectivity index is 2.14. The first-order valence-electron chi connectivity index (χ1n) is 7.66. The molecule has 6 nitrogen and oxygen atoms in total. The van der Waals surface area contributed by atoms with Gasteiger partial charge in [-0.2, -0.15) is 5.26 Å². The molecule has 1 fully saturated rings. The van der Waals surface area contributed by atoms with Crippen LogP contribution >= 0.6 is 11.8 Å². The van der Waals surface area contributed by atoms with E-state index in [1.807, 2.05) is 19.9 Å². The average molecular weight is 367 g/mol. The Morgan fingerprint density at radius 2 is 2.17 bits per heavy atom. The van der Waals surface area contributed by atoms with Gasteiger partial charge in [-0.25, -0.2) is 13.4 Å². The summed E-state index contributed by atoms with van der Waals surface area (Å²) in [5.74, 6) is 0.0123. The molecule has 1 aromatic rings. The minimum absolute atomic E-state index is 0.0257. The minimum Gasteiger partial charge on any atom is -0.341 e. The third kappa shape index (κ3) is 4.08. The number of nitrogens with zero attached hydrogens (tertiary/aromatic N) is 3. The molecule has 24 heavy (non-hydrogen) atoms. The summed E-state index contributed by atoms with van der Waals surface area (Å²) in [6.45, 7) is 5.45. The average Bonchev–Trinajstić information content (AvgIpc) is 2.85. The first-order valence-corrected chi connectivity index (χ1v) is 10.4. The van der Waals surface area contributed by atoms with E-state index in [9.17, 15) is 18.5 Å². The van der Waals surface area contributed by atoms with Gasteiger partial charge in [0.2, 0.25) is 5.91 Å². The van der Waals surface area contributed by atoms with Crippen molar-refractivity contribution < 1.29 is 13.2 Å². The molecule has 0 N–H and O–H groups in total. The third-order valence-electron chi connectivity index (χ3n) is 4.16. The van der Waals surface area contributed by atoms with Gasteiger partial charge in [-0.3, -0.25) is 4.79 Å². The summed E-state index contributed by atoms with van der Waals surface area (Å²) < 4.78 is 23.2. The summed E-state index contributed by atoms with van der Waals surface area (Å²) in [4.78, 5) is 18.5. The summed E-state index contributed by atoms with van der Waals surface area (Å²) >= 11 is 1.24. The number of carbonyl (C=O) groups is 1. The van der Waals surface area contributed by atoms with Gasteiger partial charge in [0.25, 0.3) is 0 Å². The number of pyridine rings is 1. The van der Waals surface area contributed by atoms with Crippen LogP contribution in [0.1, 0.15) is 30.2 Å². The molecule has 0 spiro atoms. The van der Waals surface area contributed by atoms with Crippen molar-refractivity contribution in [1.29, 1.82) is 5.26 Å². The zero-order valence-corrected chi connectivity index (χ0v) is 15.9. The number of aryl methyl sites for hydroxylation is 2. The fourth-order valence-corrected chi connectivity index (χ4v) is 5.69. The predicted molar refractivity (Wildman–Crippen MR) is 93.6 cm³/mol. The highest BCUT2D eigenvalue weighted by atomic mass is 32.2. The third-order valence-corrected chi connectivity index (χ3v) is 6.99. The quantitative estimate of drug-likeness (QED) is 0.752. The molecular formula is C16H21N3O3S2. The van der Waals surface area contributed by atoms with Crippen LogP contribution in [0.25, 0.3) is 0 Å². The highest BCUT2D eigenvalue weighted by Crippen LogP contribution is 2.29. The van der Waals surface area contributed by atoms with E-state index in [-0.39, 0.29) is 23.5 Å². The van der Waals surface area contributed by atoms with Crippen LogP contribution in [0, 0.1) is 25.2 Å². The van der Waals surface area contributed by atoms with Crippen molar-refractivity contribution in [3.05, 3.63) is 22.9 Å². The molecule has 2 rings (SSSR count). The van der Waals surface area contributed by atoms with Crippen molar-refractivity contribution in [3.8, 4) is 6.07 Å². The second-order valence-corrected chi connectivity index (χ2v) is 9.70. The number of amides is 1. The van der Waals surface area contributed by atoms with E-state index >= 15 is 0 Å². The molecule has 0 saturated carbocycles. The Morgan fingerprint density at radius 1 is 1.50 bits per heavy atom. The normalized spacial score (nSPS) is 20.4. The van der Waals surface area contributed by atoms with E-state index in [0.717, 1.165) is 11.3 Å². The molecule has 1 amide bonds. The lowest BCUT2D eigenvalue weighted by atomic mass is 10.1. The Morgan fingerprint density at radius 3 is 2.71 bits per heavy atom. The standard InChI is InChI=1S/C16H21N3O3S2/c1-10-7-11(2)18-15(14(10)8-17)23-12(3)16(20)19(4)13-5-6-24(21,22)9-13/h7,12-13H,5-6,9H2,1-4H3/t12-,13-/m0/s1. The van der Waals surface area contributed by atoms with E-state index in [0.29, 0.717) is 17.0 Å². The maximum atomic E-state index is 12.6. The van der Waals surface area contributed by atoms with E-state index in [1.165, 1.54) is 16.7 Å². The van der Waals surface area contributed by atoms with E-state index in [1.54, 1.807) is 14.0 Å². The highest BCUT2D eigenvalue weighted by Gasteiger charge is 2.34. The van der Waals surface area contributed by atoms with Crippen molar-refractivity contribution in [2.24, 2.45) is 0 Å². The summed E-state index contributed by atoms with van der Waals surface area (Å²) in [5, 5.41) is 9.42. The Hall–Kier alpha value is -1.59. The van der Waals surface area contributed by atoms with Crippen molar-refractivity contribution in [3.63, 3.8) is 0 Å². The van der Waals surface area contributed by atoms with Crippen LogP contribution in [0.5, 0.6) is 0 Å². The Bertz CT molecular complexity index is 800. The molecular weight excluding hydrogens is 346 g/mol. The summed E-state index contributed by atoms with van der Waals surface area (Å²) in [7, 11) is -1.39. The molecule has 2 heterocycles. The maximum absolute atomic E-state index is 12.6. The predicted octanol–water partition coefficient (Wildman–Crippen LogP) is 1.70. The number of carbonyl (C=O) groups excluding carboxylic acids is 1. The lowest BCUT2D eigenvalue weighted by Crippen LogP contribution is -2.41. The number of aromatic nitrogens is 1. The molecule has 0 aromatic carbocycles. The first kappa shape index (κ1) is 18.7. The van der Waals surface area contributed by atoms with Gasteiger partial charge < -0.3 is 4.90 Å². The zero-order chi connectivity index (χ0) is 18.1. The topological polar surface area (TPSA) is 91.1 Å². The summed E-state index contributed by atoms with van der Waals surface area (Å²) in [6.07, 6.45) is 0.479. The fourth-order valence-electron chi connectivity index (χ4n) is 2.79. The van der Waals surface area contributed by atoms with Gasteiger partial charge >= 0.3 is 0 Å². The second-order valence-electron chi connectivity index (χ2n) is 6.14. The first-order chi connectivity index (χ1) is 11.1. The lowest BCUT2D eigenvalue weighted by molar-refractivity contribution is -0.130. The van der Waals surface area contributed by atoms with Gasteiger partial charge in [-0.15, -0.1) is 0 Å². The largest absolute Gasteiger partial charge is 0.341 e. The number of nitriles is 1. The molecule has 2 atom stereocenters. The van der Waals surface area contributed by atoms with Gasteiger partial charge in [0, 0.05) is 18.8 Å². The van der Waals surface area contributed by atoms with Crippen LogP contribution in [0.4, 0.5) is 0 Å². The molecule has 0 bridgehead atoms. The monoisotopic (exact) mass is 367 g/mol. The van der Waals surface area contributed by atoms with Crippen molar-refractivity contribution in [2.45, 2.75) is 43.5 Å². The molecule has 1 aliphatic heterocycles. The summed E-state index contributed by atoms with van der Waals surface area (Å²) in [5.41, 5.74) is 2.11. The van der Waals surface area contributed by atoms with Gasteiger partial charge in [-0.05, 0) is 38.8 Å². The number of rotatable bonds is 4. The molecule has 1 aliphatic rings.